The number of nitrogens with one attached hydrogen (secondary N) is 2. The molecule has 1 fully saturated rings. The molecule has 1 saturated heterocycles. The average Bonchev–Trinajstić information content (AvgIpc) is 2.39. The number of anilines is 1. The SMILES string of the molecule is O=C(C[NH+]1CCOCC1)Nc1ccccc1C(F)(F)F. The lowest BCUT2D eigenvalue weighted by Crippen LogP contribution is -3.15. The lowest BCUT2D eigenvalue weighted by atomic mass is 10.1. The van der Waals surface area contributed by atoms with Gasteiger partial charge in [0.2, 0.25) is 0 Å². The van der Waals surface area contributed by atoms with E-state index in [-0.39, 0.29) is 12.2 Å². The van der Waals surface area contributed by atoms with Crippen LogP contribution in [-0.4, -0.2) is 38.8 Å². The Morgan fingerprint density at radius 3 is 2.55 bits per heavy atom. The Bertz CT molecular complexity index is 471. The minimum Gasteiger partial charge on any atom is -0.370 e. The fraction of sp³-hybridized carbons (Fsp3) is 0.462. The molecule has 2 N–H and O–H groups in total. The van der Waals surface area contributed by atoms with Crippen molar-refractivity contribution in [1.29, 1.82) is 0 Å². The number of benzene rings is 1. The van der Waals surface area contributed by atoms with Gasteiger partial charge in [-0.05, 0) is 12.1 Å². The molecule has 1 aliphatic heterocycles. The first-order chi connectivity index (χ1) is 9.47. The second-order valence-electron chi connectivity index (χ2n) is 4.63. The largest absolute Gasteiger partial charge is 0.418 e. The van der Waals surface area contributed by atoms with Crippen LogP contribution in [0.5, 0.6) is 0 Å². The van der Waals surface area contributed by atoms with Crippen molar-refractivity contribution < 1.29 is 27.6 Å². The van der Waals surface area contributed by atoms with Gasteiger partial charge in [-0.15, -0.1) is 0 Å². The number of quaternary nitrogens is 1. The summed E-state index contributed by atoms with van der Waals surface area (Å²) in [4.78, 5) is 12.8. The summed E-state index contributed by atoms with van der Waals surface area (Å²) in [6.45, 7) is 2.67. The molecule has 1 aliphatic rings. The molecule has 0 unspecified atom stereocenters. The third-order valence-electron chi connectivity index (χ3n) is 3.12. The van der Waals surface area contributed by atoms with Crippen LogP contribution in [0.2, 0.25) is 0 Å². The van der Waals surface area contributed by atoms with E-state index in [2.05, 4.69) is 5.32 Å². The van der Waals surface area contributed by atoms with Crippen LogP contribution in [0.1, 0.15) is 5.56 Å². The van der Waals surface area contributed by atoms with Gasteiger partial charge in [-0.2, -0.15) is 13.2 Å². The van der Waals surface area contributed by atoms with E-state index in [9.17, 15) is 18.0 Å². The van der Waals surface area contributed by atoms with Crippen molar-refractivity contribution >= 4 is 11.6 Å². The Kier molecular flexibility index (Phi) is 4.61. The summed E-state index contributed by atoms with van der Waals surface area (Å²) in [7, 11) is 0. The predicted molar refractivity (Wildman–Crippen MR) is 66.5 cm³/mol. The van der Waals surface area contributed by atoms with Crippen molar-refractivity contribution in [2.24, 2.45) is 0 Å². The van der Waals surface area contributed by atoms with Crippen LogP contribution in [0, 0.1) is 0 Å². The molecule has 20 heavy (non-hydrogen) atoms. The topological polar surface area (TPSA) is 42.8 Å². The lowest BCUT2D eigenvalue weighted by molar-refractivity contribution is -0.899. The molecule has 0 bridgehead atoms. The third-order valence-corrected chi connectivity index (χ3v) is 3.12. The zero-order chi connectivity index (χ0) is 14.6. The van der Waals surface area contributed by atoms with E-state index in [0.717, 1.165) is 11.0 Å². The maximum Gasteiger partial charge on any atom is 0.418 e. The number of halogens is 3. The molecular weight excluding hydrogens is 273 g/mol. The fourth-order valence-corrected chi connectivity index (χ4v) is 2.10. The molecule has 0 aromatic heterocycles. The lowest BCUT2D eigenvalue weighted by Gasteiger charge is -2.23. The number of hydrogen-bond acceptors (Lipinski definition) is 2. The van der Waals surface area contributed by atoms with Gasteiger partial charge in [-0.3, -0.25) is 4.79 Å². The number of hydrogen-bond donors (Lipinski definition) is 2. The Hall–Kier alpha value is -1.60. The van der Waals surface area contributed by atoms with E-state index in [0.29, 0.717) is 26.3 Å². The van der Waals surface area contributed by atoms with Crippen molar-refractivity contribution in [2.45, 2.75) is 6.18 Å². The smallest absolute Gasteiger partial charge is 0.370 e. The van der Waals surface area contributed by atoms with E-state index in [1.54, 1.807) is 0 Å². The highest BCUT2D eigenvalue weighted by atomic mass is 19.4. The second kappa shape index (κ2) is 6.23. The highest BCUT2D eigenvalue weighted by molar-refractivity contribution is 5.92. The van der Waals surface area contributed by atoms with E-state index >= 15 is 0 Å². The molecular formula is C13H16F3N2O2+. The van der Waals surface area contributed by atoms with Crippen molar-refractivity contribution in [1.82, 2.24) is 0 Å². The number of carbonyl (C=O) groups excluding carboxylic acids is 1. The highest BCUT2D eigenvalue weighted by Crippen LogP contribution is 2.34. The van der Waals surface area contributed by atoms with Crippen molar-refractivity contribution in [2.75, 3.05) is 38.2 Å². The predicted octanol–water partition coefficient (Wildman–Crippen LogP) is 0.559. The normalized spacial score (nSPS) is 16.9. The first kappa shape index (κ1) is 14.8. The van der Waals surface area contributed by atoms with E-state index in [1.807, 2.05) is 0 Å². The van der Waals surface area contributed by atoms with Crippen LogP contribution in [0.15, 0.2) is 24.3 Å². The Labute approximate surface area is 114 Å². The third kappa shape index (κ3) is 3.94. The van der Waals surface area contributed by atoms with Gasteiger partial charge in [0, 0.05) is 0 Å². The second-order valence-corrected chi connectivity index (χ2v) is 4.63. The molecule has 0 atom stereocenters. The standard InChI is InChI=1S/C13H15F3N2O2/c14-13(15,16)10-3-1-2-4-11(10)17-12(19)9-18-5-7-20-8-6-18/h1-4H,5-9H2,(H,17,19)/p+1. The molecule has 0 saturated carbocycles. The summed E-state index contributed by atoms with van der Waals surface area (Å²) < 4.78 is 43.5. The summed E-state index contributed by atoms with van der Waals surface area (Å²) in [5.74, 6) is -0.418. The number of ether oxygens (including phenoxy) is 1. The minimum absolute atomic E-state index is 0.148. The molecule has 0 radical (unpaired) electrons. The number of amides is 1. The van der Waals surface area contributed by atoms with E-state index in [4.69, 9.17) is 4.74 Å². The van der Waals surface area contributed by atoms with Gasteiger partial charge in [0.05, 0.1) is 24.5 Å². The zero-order valence-corrected chi connectivity index (χ0v) is 10.8. The number of carbonyl (C=O) groups is 1. The summed E-state index contributed by atoms with van der Waals surface area (Å²) in [5, 5.41) is 2.34. The van der Waals surface area contributed by atoms with Crippen molar-refractivity contribution in [3.63, 3.8) is 0 Å². The van der Waals surface area contributed by atoms with Crippen molar-refractivity contribution in [3.05, 3.63) is 29.8 Å². The van der Waals surface area contributed by atoms with Gasteiger partial charge in [0.1, 0.15) is 13.1 Å². The number of alkyl halides is 3. The van der Waals surface area contributed by atoms with E-state index < -0.39 is 17.6 Å². The summed E-state index contributed by atoms with van der Waals surface area (Å²) in [6, 6.07) is 4.98. The maximum atomic E-state index is 12.8. The van der Waals surface area contributed by atoms with Crippen LogP contribution < -0.4 is 10.2 Å². The monoisotopic (exact) mass is 289 g/mol. The highest BCUT2D eigenvalue weighted by Gasteiger charge is 2.33. The first-order valence-corrected chi connectivity index (χ1v) is 6.34. The maximum absolute atomic E-state index is 12.8. The zero-order valence-electron chi connectivity index (χ0n) is 10.8. The first-order valence-electron chi connectivity index (χ1n) is 6.34. The molecule has 7 heteroatoms. The number of rotatable bonds is 3. The summed E-state index contributed by atoms with van der Waals surface area (Å²) in [6.07, 6.45) is -4.48. The molecule has 2 rings (SSSR count). The number of morpholine rings is 1. The van der Waals surface area contributed by atoms with E-state index in [1.165, 1.54) is 18.2 Å². The minimum atomic E-state index is -4.48. The van der Waals surface area contributed by atoms with Crippen LogP contribution in [0.4, 0.5) is 18.9 Å². The van der Waals surface area contributed by atoms with Crippen LogP contribution >= 0.6 is 0 Å². The summed E-state index contributed by atoms with van der Waals surface area (Å²) in [5.41, 5.74) is -1.03. The molecule has 0 aliphatic carbocycles. The molecule has 110 valence electrons. The molecule has 0 spiro atoms. The molecule has 1 aromatic carbocycles. The Morgan fingerprint density at radius 1 is 1.25 bits per heavy atom. The number of para-hydroxylation sites is 1. The van der Waals surface area contributed by atoms with Crippen LogP contribution in [-0.2, 0) is 15.7 Å². The van der Waals surface area contributed by atoms with Gasteiger partial charge < -0.3 is 15.0 Å². The average molecular weight is 289 g/mol. The van der Waals surface area contributed by atoms with Gasteiger partial charge in [0.25, 0.3) is 5.91 Å². The van der Waals surface area contributed by atoms with Gasteiger partial charge >= 0.3 is 6.18 Å². The van der Waals surface area contributed by atoms with Crippen LogP contribution in [0.3, 0.4) is 0 Å². The molecule has 1 aromatic rings. The Morgan fingerprint density at radius 2 is 1.90 bits per heavy atom. The Balaban J connectivity index is 2.00. The quantitative estimate of drug-likeness (QED) is 0.854. The molecule has 4 nitrogen and oxygen atoms in total. The fourth-order valence-electron chi connectivity index (χ4n) is 2.10. The molecule has 1 heterocycles. The van der Waals surface area contributed by atoms with Gasteiger partial charge in [0.15, 0.2) is 6.54 Å². The van der Waals surface area contributed by atoms with Gasteiger partial charge in [-0.25, -0.2) is 0 Å². The summed E-state index contributed by atoms with van der Waals surface area (Å²) >= 11 is 0. The molecule has 1 amide bonds. The van der Waals surface area contributed by atoms with Gasteiger partial charge in [-0.1, -0.05) is 12.1 Å². The van der Waals surface area contributed by atoms with Crippen molar-refractivity contribution in [3.8, 4) is 0 Å². The van der Waals surface area contributed by atoms with Crippen LogP contribution in [0.25, 0.3) is 0 Å².